The third-order valence-corrected chi connectivity index (χ3v) is 4.17. The molecule has 0 aliphatic carbocycles. The molecule has 2 N–H and O–H groups in total. The summed E-state index contributed by atoms with van der Waals surface area (Å²) < 4.78 is 5.37. The molecule has 0 heterocycles. The lowest BCUT2D eigenvalue weighted by Crippen LogP contribution is -2.20. The summed E-state index contributed by atoms with van der Waals surface area (Å²) in [6, 6.07) is 20.7. The Morgan fingerprint density at radius 2 is 1.57 bits per heavy atom. The first-order chi connectivity index (χ1) is 13.7. The highest BCUT2D eigenvalue weighted by Crippen LogP contribution is 2.27. The van der Waals surface area contributed by atoms with Crippen LogP contribution in [-0.4, -0.2) is 25.1 Å². The van der Waals surface area contributed by atoms with Crippen molar-refractivity contribution in [2.75, 3.05) is 12.4 Å². The van der Waals surface area contributed by atoms with E-state index in [1.54, 1.807) is 25.5 Å². The number of carbonyl (C=O) groups is 2. The summed E-state index contributed by atoms with van der Waals surface area (Å²) in [6.07, 6.45) is 1.73. The summed E-state index contributed by atoms with van der Waals surface area (Å²) in [5, 5.41) is 8.70. The molecule has 142 valence electrons. The number of amides is 2. The van der Waals surface area contributed by atoms with Crippen LogP contribution in [-0.2, 0) is 9.59 Å². The molecule has 3 aromatic rings. The lowest BCUT2D eigenvalue weighted by molar-refractivity contribution is -0.124. The van der Waals surface area contributed by atoms with Crippen LogP contribution in [0, 0.1) is 0 Å². The Labute approximate surface area is 163 Å². The molecule has 0 aliphatic heterocycles. The van der Waals surface area contributed by atoms with E-state index in [4.69, 9.17) is 4.74 Å². The fourth-order valence-electron chi connectivity index (χ4n) is 2.79. The summed E-state index contributed by atoms with van der Waals surface area (Å²) in [6.45, 7) is 0. The largest absolute Gasteiger partial charge is 0.496 e. The first kappa shape index (κ1) is 19.1. The zero-order valence-corrected chi connectivity index (χ0v) is 15.5. The molecule has 0 aliphatic rings. The Morgan fingerprint density at radius 1 is 0.893 bits per heavy atom. The van der Waals surface area contributed by atoms with Gasteiger partial charge in [-0.3, -0.25) is 9.59 Å². The second-order valence-corrected chi connectivity index (χ2v) is 6.11. The summed E-state index contributed by atoms with van der Waals surface area (Å²) >= 11 is 0. The fourth-order valence-corrected chi connectivity index (χ4v) is 2.79. The quantitative estimate of drug-likeness (QED) is 0.488. The van der Waals surface area contributed by atoms with Gasteiger partial charge in [-0.2, -0.15) is 5.10 Å². The highest BCUT2D eigenvalue weighted by atomic mass is 16.5. The van der Waals surface area contributed by atoms with Crippen molar-refractivity contribution in [1.82, 2.24) is 5.43 Å². The first-order valence-electron chi connectivity index (χ1n) is 8.90. The summed E-state index contributed by atoms with van der Waals surface area (Å²) in [5.41, 5.74) is 4.03. The molecule has 28 heavy (non-hydrogen) atoms. The molecule has 6 heteroatoms. The zero-order chi connectivity index (χ0) is 19.8. The van der Waals surface area contributed by atoms with Gasteiger partial charge < -0.3 is 10.1 Å². The lowest BCUT2D eigenvalue weighted by atomic mass is 10.0. The van der Waals surface area contributed by atoms with E-state index in [1.807, 2.05) is 54.6 Å². The minimum absolute atomic E-state index is 0.0549. The number of benzene rings is 3. The van der Waals surface area contributed by atoms with Gasteiger partial charge in [0, 0.05) is 29.5 Å². The van der Waals surface area contributed by atoms with E-state index in [2.05, 4.69) is 15.8 Å². The van der Waals surface area contributed by atoms with E-state index in [0.29, 0.717) is 5.69 Å². The number of fused-ring (bicyclic) bond motifs is 1. The Hall–Kier alpha value is -3.67. The van der Waals surface area contributed by atoms with E-state index in [9.17, 15) is 9.59 Å². The van der Waals surface area contributed by atoms with E-state index >= 15 is 0 Å². The fraction of sp³-hybridized carbons (Fsp3) is 0.136. The standard InChI is InChI=1S/C22H21N3O3/c1-28-20-12-11-16(18-9-5-6-10-19(18)20)15-23-25-22(27)14-13-21(26)24-17-7-3-2-4-8-17/h2-12,15H,13-14H2,1H3,(H,24,26)(H,25,27). The van der Waals surface area contributed by atoms with Crippen molar-refractivity contribution in [2.45, 2.75) is 12.8 Å². The van der Waals surface area contributed by atoms with Gasteiger partial charge in [-0.1, -0.05) is 42.5 Å². The van der Waals surface area contributed by atoms with Crippen LogP contribution in [0.15, 0.2) is 71.8 Å². The number of para-hydroxylation sites is 1. The predicted octanol–water partition coefficient (Wildman–Crippen LogP) is 3.72. The maximum Gasteiger partial charge on any atom is 0.240 e. The van der Waals surface area contributed by atoms with Crippen molar-refractivity contribution in [1.29, 1.82) is 0 Å². The summed E-state index contributed by atoms with van der Waals surface area (Å²) in [7, 11) is 1.63. The van der Waals surface area contributed by atoms with Crippen LogP contribution in [0.2, 0.25) is 0 Å². The van der Waals surface area contributed by atoms with Gasteiger partial charge in [0.25, 0.3) is 0 Å². The number of nitrogens with one attached hydrogen (secondary N) is 2. The molecular weight excluding hydrogens is 354 g/mol. The van der Waals surface area contributed by atoms with Gasteiger partial charge in [0.2, 0.25) is 11.8 Å². The Kier molecular flexibility index (Phi) is 6.36. The second kappa shape index (κ2) is 9.32. The summed E-state index contributed by atoms with van der Waals surface area (Å²) in [5.74, 6) is 0.241. The molecule has 0 unspecified atom stereocenters. The van der Waals surface area contributed by atoms with Gasteiger partial charge >= 0.3 is 0 Å². The third kappa shape index (κ3) is 4.94. The Bertz CT molecular complexity index is 1000. The maximum absolute atomic E-state index is 11.9. The van der Waals surface area contributed by atoms with Crippen molar-refractivity contribution in [3.8, 4) is 5.75 Å². The normalized spacial score (nSPS) is 10.8. The molecule has 0 spiro atoms. The average Bonchev–Trinajstić information content (AvgIpc) is 2.73. The molecule has 0 atom stereocenters. The first-order valence-corrected chi connectivity index (χ1v) is 8.90. The predicted molar refractivity (Wildman–Crippen MR) is 111 cm³/mol. The number of hydrazone groups is 1. The molecule has 2 amide bonds. The van der Waals surface area contributed by atoms with Crippen LogP contribution in [0.25, 0.3) is 10.8 Å². The highest BCUT2D eigenvalue weighted by Gasteiger charge is 2.07. The molecule has 0 bridgehead atoms. The minimum atomic E-state index is -0.322. The van der Waals surface area contributed by atoms with Gasteiger partial charge in [0.15, 0.2) is 0 Å². The highest BCUT2D eigenvalue weighted by molar-refractivity contribution is 6.02. The number of ether oxygens (including phenoxy) is 1. The molecule has 3 aromatic carbocycles. The van der Waals surface area contributed by atoms with Crippen molar-refractivity contribution < 1.29 is 14.3 Å². The van der Waals surface area contributed by atoms with Crippen molar-refractivity contribution in [3.63, 3.8) is 0 Å². The van der Waals surface area contributed by atoms with Crippen LogP contribution in [0.4, 0.5) is 5.69 Å². The van der Waals surface area contributed by atoms with E-state index in [1.165, 1.54) is 0 Å². The molecule has 0 aromatic heterocycles. The van der Waals surface area contributed by atoms with Gasteiger partial charge in [-0.15, -0.1) is 0 Å². The molecule has 0 fully saturated rings. The molecule has 3 rings (SSSR count). The monoisotopic (exact) mass is 375 g/mol. The van der Waals surface area contributed by atoms with Gasteiger partial charge in [0.1, 0.15) is 5.75 Å². The number of hydrogen-bond acceptors (Lipinski definition) is 4. The molecule has 6 nitrogen and oxygen atoms in total. The van der Waals surface area contributed by atoms with E-state index < -0.39 is 0 Å². The SMILES string of the molecule is COc1ccc(C=NNC(=O)CCC(=O)Nc2ccccc2)c2ccccc12. The second-order valence-electron chi connectivity index (χ2n) is 6.11. The van der Waals surface area contributed by atoms with Crippen molar-refractivity contribution in [3.05, 3.63) is 72.3 Å². The minimum Gasteiger partial charge on any atom is -0.496 e. The smallest absolute Gasteiger partial charge is 0.240 e. The lowest BCUT2D eigenvalue weighted by Gasteiger charge is -2.07. The number of nitrogens with zero attached hydrogens (tertiary/aromatic N) is 1. The molecule has 0 saturated carbocycles. The summed E-state index contributed by atoms with van der Waals surface area (Å²) in [4.78, 5) is 23.8. The van der Waals surface area contributed by atoms with Crippen LogP contribution in [0.3, 0.4) is 0 Å². The van der Waals surface area contributed by atoms with Gasteiger partial charge in [0.05, 0.1) is 13.3 Å². The number of methoxy groups -OCH3 is 1. The van der Waals surface area contributed by atoms with Crippen LogP contribution in [0.1, 0.15) is 18.4 Å². The van der Waals surface area contributed by atoms with Crippen molar-refractivity contribution in [2.24, 2.45) is 5.10 Å². The van der Waals surface area contributed by atoms with Gasteiger partial charge in [-0.05, 0) is 29.7 Å². The molecule has 0 radical (unpaired) electrons. The van der Waals surface area contributed by atoms with Crippen molar-refractivity contribution >= 4 is 34.5 Å². The topological polar surface area (TPSA) is 79.8 Å². The Morgan fingerprint density at radius 3 is 2.32 bits per heavy atom. The average molecular weight is 375 g/mol. The number of rotatable bonds is 7. The Balaban J connectivity index is 1.54. The van der Waals surface area contributed by atoms with E-state index in [-0.39, 0.29) is 24.7 Å². The third-order valence-electron chi connectivity index (χ3n) is 4.17. The van der Waals surface area contributed by atoms with Crippen LogP contribution < -0.4 is 15.5 Å². The maximum atomic E-state index is 11.9. The number of anilines is 1. The number of carbonyl (C=O) groups excluding carboxylic acids is 2. The number of hydrogen-bond donors (Lipinski definition) is 2. The van der Waals surface area contributed by atoms with Gasteiger partial charge in [-0.25, -0.2) is 5.43 Å². The van der Waals surface area contributed by atoms with Crippen LogP contribution >= 0.6 is 0 Å². The van der Waals surface area contributed by atoms with E-state index in [0.717, 1.165) is 22.1 Å². The van der Waals surface area contributed by atoms with Crippen LogP contribution in [0.5, 0.6) is 5.75 Å². The molecule has 0 saturated heterocycles. The molecular formula is C22H21N3O3. The zero-order valence-electron chi connectivity index (χ0n) is 15.5.